The van der Waals surface area contributed by atoms with E-state index in [0.717, 1.165) is 35.6 Å². The van der Waals surface area contributed by atoms with Gasteiger partial charge in [-0.25, -0.2) is 4.98 Å². The van der Waals surface area contributed by atoms with E-state index in [9.17, 15) is 4.79 Å². The third kappa shape index (κ3) is 2.84. The molecule has 0 fully saturated rings. The van der Waals surface area contributed by atoms with Gasteiger partial charge in [-0.2, -0.15) is 0 Å². The normalized spacial score (nSPS) is 18.8. The van der Waals surface area contributed by atoms with Crippen molar-refractivity contribution >= 4 is 11.6 Å². The lowest BCUT2D eigenvalue weighted by Crippen LogP contribution is -2.37. The summed E-state index contributed by atoms with van der Waals surface area (Å²) in [5, 5.41) is 3.09. The second kappa shape index (κ2) is 6.20. The number of aromatic nitrogens is 2. The topological polar surface area (TPSA) is 57.8 Å². The Morgan fingerprint density at radius 2 is 1.80 bits per heavy atom. The van der Waals surface area contributed by atoms with Crippen LogP contribution in [-0.2, 0) is 23.1 Å². The first-order chi connectivity index (χ1) is 12.2. The van der Waals surface area contributed by atoms with Crippen LogP contribution in [-0.4, -0.2) is 15.9 Å². The number of carbonyl (C=O) groups excluding carboxylic acids is 1. The summed E-state index contributed by atoms with van der Waals surface area (Å²) in [7, 11) is 0. The fraction of sp³-hybridized carbons (Fsp3) is 0.238. The van der Waals surface area contributed by atoms with Crippen LogP contribution in [0.4, 0.5) is 5.69 Å². The molecule has 4 nitrogen and oxygen atoms in total. The zero-order chi connectivity index (χ0) is 17.3. The van der Waals surface area contributed by atoms with Gasteiger partial charge in [0.25, 0.3) is 0 Å². The summed E-state index contributed by atoms with van der Waals surface area (Å²) in [5.41, 5.74) is 3.73. The fourth-order valence-corrected chi connectivity index (χ4v) is 3.78. The maximum atomic E-state index is 13.0. The van der Waals surface area contributed by atoms with E-state index in [-0.39, 0.29) is 5.91 Å². The molecule has 0 aliphatic carbocycles. The Balaban J connectivity index is 1.71. The van der Waals surface area contributed by atoms with E-state index < -0.39 is 5.41 Å². The summed E-state index contributed by atoms with van der Waals surface area (Å²) < 4.78 is 0. The van der Waals surface area contributed by atoms with E-state index in [1.54, 1.807) is 0 Å². The van der Waals surface area contributed by atoms with Gasteiger partial charge in [0, 0.05) is 17.6 Å². The average molecular weight is 331 g/mol. The second-order valence-electron chi connectivity index (χ2n) is 6.74. The molecule has 1 aliphatic rings. The molecule has 25 heavy (non-hydrogen) atoms. The van der Waals surface area contributed by atoms with Crippen molar-refractivity contribution in [1.82, 2.24) is 9.97 Å². The van der Waals surface area contributed by atoms with Gasteiger partial charge >= 0.3 is 0 Å². The van der Waals surface area contributed by atoms with Gasteiger partial charge in [0.05, 0.1) is 5.41 Å². The number of para-hydroxylation sites is 1. The van der Waals surface area contributed by atoms with Gasteiger partial charge in [-0.05, 0) is 43.4 Å². The summed E-state index contributed by atoms with van der Waals surface area (Å²) in [5.74, 6) is 0.997. The largest absolute Gasteiger partial charge is 0.346 e. The van der Waals surface area contributed by atoms with Crippen molar-refractivity contribution in [2.45, 2.75) is 31.6 Å². The first-order valence-corrected chi connectivity index (χ1v) is 8.63. The van der Waals surface area contributed by atoms with Gasteiger partial charge in [0.15, 0.2) is 0 Å². The van der Waals surface area contributed by atoms with E-state index in [0.29, 0.717) is 6.42 Å². The van der Waals surface area contributed by atoms with E-state index >= 15 is 0 Å². The number of carbonyl (C=O) groups is 1. The van der Waals surface area contributed by atoms with Gasteiger partial charge in [-0.15, -0.1) is 0 Å². The molecule has 0 saturated carbocycles. The van der Waals surface area contributed by atoms with Crippen LogP contribution < -0.4 is 5.32 Å². The van der Waals surface area contributed by atoms with Gasteiger partial charge in [0.1, 0.15) is 5.82 Å². The Labute approximate surface area is 147 Å². The zero-order valence-corrected chi connectivity index (χ0v) is 14.3. The van der Waals surface area contributed by atoms with Crippen molar-refractivity contribution in [3.8, 4) is 0 Å². The van der Waals surface area contributed by atoms with E-state index in [1.165, 1.54) is 5.56 Å². The van der Waals surface area contributed by atoms with Crippen LogP contribution in [0.2, 0.25) is 0 Å². The lowest BCUT2D eigenvalue weighted by atomic mass is 9.73. The molecule has 2 aromatic carbocycles. The molecule has 1 unspecified atom stereocenters. The minimum Gasteiger partial charge on any atom is -0.346 e. The highest BCUT2D eigenvalue weighted by molar-refractivity contribution is 6.06. The number of hydrogen-bond donors (Lipinski definition) is 2. The zero-order valence-electron chi connectivity index (χ0n) is 14.3. The molecular weight excluding hydrogens is 310 g/mol. The maximum Gasteiger partial charge on any atom is 0.235 e. The number of amides is 1. The molecule has 1 amide bonds. The first kappa shape index (κ1) is 15.6. The molecule has 1 aromatic heterocycles. The molecule has 0 spiro atoms. The summed E-state index contributed by atoms with van der Waals surface area (Å²) in [4.78, 5) is 20.6. The van der Waals surface area contributed by atoms with Crippen molar-refractivity contribution in [3.05, 3.63) is 83.4 Å². The highest BCUT2D eigenvalue weighted by Crippen LogP contribution is 2.43. The predicted molar refractivity (Wildman–Crippen MR) is 98.5 cm³/mol. The number of aryl methyl sites for hydroxylation is 2. The van der Waals surface area contributed by atoms with Crippen molar-refractivity contribution in [2.75, 3.05) is 5.32 Å². The number of imidazole rings is 1. The summed E-state index contributed by atoms with van der Waals surface area (Å²) in [6.07, 6.45) is 4.09. The minimum absolute atomic E-state index is 0.0915. The number of nitrogens with zero attached hydrogens (tertiary/aromatic N) is 1. The third-order valence-corrected chi connectivity index (χ3v) is 5.05. The van der Waals surface area contributed by atoms with Crippen molar-refractivity contribution in [2.24, 2.45) is 0 Å². The predicted octanol–water partition coefficient (Wildman–Crippen LogP) is 3.78. The number of aromatic amines is 1. The molecule has 1 atom stereocenters. The second-order valence-corrected chi connectivity index (χ2v) is 6.74. The minimum atomic E-state index is -0.545. The van der Waals surface area contributed by atoms with Crippen LogP contribution in [0.3, 0.4) is 0 Å². The van der Waals surface area contributed by atoms with Crippen LogP contribution in [0.15, 0.2) is 60.8 Å². The Morgan fingerprint density at radius 1 is 1.04 bits per heavy atom. The van der Waals surface area contributed by atoms with Gasteiger partial charge in [-0.1, -0.05) is 48.5 Å². The number of hydrogen-bond acceptors (Lipinski definition) is 2. The Bertz CT molecular complexity index is 900. The average Bonchev–Trinajstić information content (AvgIpc) is 3.16. The number of anilines is 1. The molecule has 3 aromatic rings. The Kier molecular flexibility index (Phi) is 3.88. The molecule has 4 heteroatoms. The number of nitrogens with one attached hydrogen (secondary N) is 2. The molecule has 2 heterocycles. The lowest BCUT2D eigenvalue weighted by molar-refractivity contribution is -0.121. The van der Waals surface area contributed by atoms with Gasteiger partial charge in [-0.3, -0.25) is 4.79 Å². The Morgan fingerprint density at radius 3 is 2.56 bits per heavy atom. The Hall–Kier alpha value is -2.88. The molecule has 0 radical (unpaired) electrons. The monoisotopic (exact) mass is 331 g/mol. The van der Waals surface area contributed by atoms with Crippen LogP contribution in [0, 0.1) is 6.92 Å². The quantitative estimate of drug-likeness (QED) is 0.747. The number of fused-ring (bicyclic) bond motifs is 1. The van der Waals surface area contributed by atoms with E-state index in [1.807, 2.05) is 49.5 Å². The van der Waals surface area contributed by atoms with Gasteiger partial charge < -0.3 is 10.3 Å². The smallest absolute Gasteiger partial charge is 0.235 e. The molecule has 1 aliphatic heterocycles. The van der Waals surface area contributed by atoms with Crippen LogP contribution in [0.1, 0.15) is 29.1 Å². The van der Waals surface area contributed by atoms with Crippen LogP contribution >= 0.6 is 0 Å². The van der Waals surface area contributed by atoms with Crippen LogP contribution in [0.25, 0.3) is 0 Å². The molecule has 0 bridgehead atoms. The third-order valence-electron chi connectivity index (χ3n) is 5.05. The molecule has 0 saturated heterocycles. The lowest BCUT2D eigenvalue weighted by Gasteiger charge is -2.27. The number of rotatable bonds is 5. The van der Waals surface area contributed by atoms with Gasteiger partial charge in [0.2, 0.25) is 5.91 Å². The number of H-pyrrole nitrogens is 1. The van der Waals surface area contributed by atoms with E-state index in [4.69, 9.17) is 0 Å². The highest BCUT2D eigenvalue weighted by Gasteiger charge is 2.46. The molecule has 2 N–H and O–H groups in total. The summed E-state index contributed by atoms with van der Waals surface area (Å²) in [6, 6.07) is 18.3. The maximum absolute atomic E-state index is 13.0. The highest BCUT2D eigenvalue weighted by atomic mass is 16.2. The first-order valence-electron chi connectivity index (χ1n) is 8.63. The molecule has 4 rings (SSSR count). The van der Waals surface area contributed by atoms with E-state index in [2.05, 4.69) is 33.5 Å². The fourth-order valence-electron chi connectivity index (χ4n) is 3.78. The number of benzene rings is 2. The molecular formula is C21H21N3O. The van der Waals surface area contributed by atoms with Crippen molar-refractivity contribution < 1.29 is 4.79 Å². The SMILES string of the molecule is Cc1ncc(CCC2(Cc3ccccc3)C(=O)Nc3ccccc32)[nH]1. The summed E-state index contributed by atoms with van der Waals surface area (Å²) >= 11 is 0. The standard InChI is InChI=1S/C21H21N3O/c1-15-22-14-17(23-15)11-12-21(13-16-7-3-2-4-8-16)18-9-5-6-10-19(18)24-20(21)25/h2-10,14H,11-13H2,1H3,(H,22,23)(H,24,25). The van der Waals surface area contributed by atoms with Crippen LogP contribution in [0.5, 0.6) is 0 Å². The van der Waals surface area contributed by atoms with Crippen molar-refractivity contribution in [3.63, 3.8) is 0 Å². The van der Waals surface area contributed by atoms with Crippen molar-refractivity contribution in [1.29, 1.82) is 0 Å². The molecule has 126 valence electrons. The summed E-state index contributed by atoms with van der Waals surface area (Å²) in [6.45, 7) is 1.95.